The van der Waals surface area contributed by atoms with Gasteiger partial charge >= 0.3 is 17.9 Å². The molecule has 0 fully saturated rings. The Bertz CT molecular complexity index is 311. The molecule has 0 unspecified atom stereocenters. The fraction of sp³-hybridized carbons (Fsp3) is 0.727. The van der Waals surface area contributed by atoms with Crippen LogP contribution in [-0.2, 0) is 28.6 Å². The van der Waals surface area contributed by atoms with Crippen LogP contribution in [0.5, 0.6) is 0 Å². The molecule has 0 aromatic rings. The lowest BCUT2D eigenvalue weighted by Crippen LogP contribution is -2.33. The van der Waals surface area contributed by atoms with Crippen molar-refractivity contribution >= 4 is 17.9 Å². The van der Waals surface area contributed by atoms with Crippen molar-refractivity contribution in [2.24, 2.45) is 0 Å². The third-order valence-corrected chi connectivity index (χ3v) is 1.93. The van der Waals surface area contributed by atoms with Crippen molar-refractivity contribution in [2.45, 2.75) is 45.5 Å². The predicted molar refractivity (Wildman–Crippen MR) is 59.4 cm³/mol. The zero-order valence-electron chi connectivity index (χ0n) is 10.8. The second-order valence-corrected chi connectivity index (χ2v) is 3.79. The lowest BCUT2D eigenvalue weighted by molar-refractivity contribution is -0.176. The highest BCUT2D eigenvalue weighted by Gasteiger charge is 2.25. The molecule has 0 aliphatic rings. The van der Waals surface area contributed by atoms with Crippen molar-refractivity contribution in [2.75, 3.05) is 7.11 Å². The monoisotopic (exact) mass is 262 g/mol. The summed E-state index contributed by atoms with van der Waals surface area (Å²) in [6.45, 7) is 4.07. The average molecular weight is 262 g/mol. The van der Waals surface area contributed by atoms with Gasteiger partial charge in [0.2, 0.25) is 0 Å². The van der Waals surface area contributed by atoms with Crippen LogP contribution in [0.2, 0.25) is 0 Å². The van der Waals surface area contributed by atoms with E-state index in [9.17, 15) is 14.4 Å². The van der Waals surface area contributed by atoms with Crippen molar-refractivity contribution in [1.82, 2.24) is 0 Å². The number of aliphatic hydroxyl groups is 1. The molecule has 7 heteroatoms. The van der Waals surface area contributed by atoms with Crippen molar-refractivity contribution in [3.8, 4) is 0 Å². The summed E-state index contributed by atoms with van der Waals surface area (Å²) in [4.78, 5) is 33.6. The van der Waals surface area contributed by atoms with Crippen LogP contribution in [0.1, 0.15) is 27.2 Å². The largest absolute Gasteiger partial charge is 0.466 e. The number of esters is 3. The maximum atomic E-state index is 11.4. The summed E-state index contributed by atoms with van der Waals surface area (Å²) >= 11 is 0. The minimum atomic E-state index is -1.15. The standard InChI is InChI=1S/C11H18O7/c1-6(12)5-9(13)17-8(3)11(15)18-7(2)10(14)16-4/h6-8,12H,5H2,1-4H3/t6-,7-,8-/m1/s1. The Kier molecular flexibility index (Phi) is 6.96. The normalized spacial score (nSPS) is 15.2. The zero-order valence-corrected chi connectivity index (χ0v) is 10.8. The molecular weight excluding hydrogens is 244 g/mol. The van der Waals surface area contributed by atoms with Crippen LogP contribution in [0.25, 0.3) is 0 Å². The molecule has 0 amide bonds. The summed E-state index contributed by atoms with van der Waals surface area (Å²) in [5.41, 5.74) is 0. The van der Waals surface area contributed by atoms with Crippen LogP contribution >= 0.6 is 0 Å². The number of rotatable bonds is 6. The molecule has 7 nitrogen and oxygen atoms in total. The smallest absolute Gasteiger partial charge is 0.347 e. The van der Waals surface area contributed by atoms with Gasteiger partial charge in [-0.3, -0.25) is 4.79 Å². The molecule has 0 bridgehead atoms. The number of hydrogen-bond donors (Lipinski definition) is 1. The average Bonchev–Trinajstić information content (AvgIpc) is 2.26. The Hall–Kier alpha value is -1.63. The van der Waals surface area contributed by atoms with Gasteiger partial charge in [-0.25, -0.2) is 9.59 Å². The highest BCUT2D eigenvalue weighted by atomic mass is 16.6. The summed E-state index contributed by atoms with van der Waals surface area (Å²) in [6, 6.07) is 0. The molecule has 104 valence electrons. The third kappa shape index (κ3) is 6.19. The fourth-order valence-corrected chi connectivity index (χ4v) is 1.02. The summed E-state index contributed by atoms with van der Waals surface area (Å²) in [5.74, 6) is -2.28. The van der Waals surface area contributed by atoms with Gasteiger partial charge < -0.3 is 19.3 Å². The second kappa shape index (κ2) is 7.65. The minimum Gasteiger partial charge on any atom is -0.466 e. The summed E-state index contributed by atoms with van der Waals surface area (Å²) in [7, 11) is 1.17. The van der Waals surface area contributed by atoms with E-state index < -0.39 is 36.2 Å². The van der Waals surface area contributed by atoms with Gasteiger partial charge in [-0.05, 0) is 20.8 Å². The number of carbonyl (C=O) groups is 3. The highest BCUT2D eigenvalue weighted by Crippen LogP contribution is 2.03. The molecule has 0 aromatic carbocycles. The van der Waals surface area contributed by atoms with Crippen molar-refractivity contribution < 1.29 is 33.7 Å². The second-order valence-electron chi connectivity index (χ2n) is 3.79. The van der Waals surface area contributed by atoms with Crippen LogP contribution in [-0.4, -0.2) is 48.4 Å². The molecule has 1 N–H and O–H groups in total. The first kappa shape index (κ1) is 16.4. The Morgan fingerprint density at radius 1 is 1.00 bits per heavy atom. The lowest BCUT2D eigenvalue weighted by Gasteiger charge is -2.16. The van der Waals surface area contributed by atoms with Crippen LogP contribution in [0.3, 0.4) is 0 Å². The predicted octanol–water partition coefficient (Wildman–Crippen LogP) is -0.206. The molecule has 0 saturated carbocycles. The number of hydrogen-bond acceptors (Lipinski definition) is 7. The van der Waals surface area contributed by atoms with Crippen molar-refractivity contribution in [3.63, 3.8) is 0 Å². The molecule has 0 rings (SSSR count). The summed E-state index contributed by atoms with van der Waals surface area (Å²) in [6.07, 6.45) is -3.29. The Morgan fingerprint density at radius 2 is 1.50 bits per heavy atom. The zero-order chi connectivity index (χ0) is 14.3. The van der Waals surface area contributed by atoms with Gasteiger partial charge in [0.1, 0.15) is 0 Å². The van der Waals surface area contributed by atoms with Gasteiger partial charge in [0.25, 0.3) is 0 Å². The lowest BCUT2D eigenvalue weighted by atomic mass is 10.3. The minimum absolute atomic E-state index is 0.218. The first-order chi connectivity index (χ1) is 8.27. The molecule has 0 aliphatic carbocycles. The third-order valence-electron chi connectivity index (χ3n) is 1.93. The number of ether oxygens (including phenoxy) is 3. The molecule has 0 saturated heterocycles. The van der Waals surface area contributed by atoms with Gasteiger partial charge in [0.05, 0.1) is 19.6 Å². The summed E-state index contributed by atoms with van der Waals surface area (Å²) < 4.78 is 13.8. The first-order valence-electron chi connectivity index (χ1n) is 5.43. The molecule has 0 aromatic heterocycles. The van der Waals surface area contributed by atoms with Crippen LogP contribution < -0.4 is 0 Å². The van der Waals surface area contributed by atoms with E-state index in [-0.39, 0.29) is 6.42 Å². The molecule has 0 spiro atoms. The molecule has 3 atom stereocenters. The van der Waals surface area contributed by atoms with E-state index in [0.29, 0.717) is 0 Å². The molecule has 18 heavy (non-hydrogen) atoms. The maximum Gasteiger partial charge on any atom is 0.347 e. The molecule has 0 aliphatic heterocycles. The molecular formula is C11H18O7. The van der Waals surface area contributed by atoms with Crippen molar-refractivity contribution in [1.29, 1.82) is 0 Å². The van der Waals surface area contributed by atoms with Gasteiger partial charge in [-0.15, -0.1) is 0 Å². The van der Waals surface area contributed by atoms with E-state index in [1.54, 1.807) is 0 Å². The van der Waals surface area contributed by atoms with E-state index in [1.165, 1.54) is 27.9 Å². The topological polar surface area (TPSA) is 99.1 Å². The number of methoxy groups -OCH3 is 1. The first-order valence-corrected chi connectivity index (χ1v) is 5.43. The molecule has 0 radical (unpaired) electrons. The number of carbonyl (C=O) groups excluding carboxylic acids is 3. The van der Waals surface area contributed by atoms with Crippen molar-refractivity contribution in [3.05, 3.63) is 0 Å². The van der Waals surface area contributed by atoms with Gasteiger partial charge in [0, 0.05) is 0 Å². The van der Waals surface area contributed by atoms with E-state index in [4.69, 9.17) is 14.6 Å². The van der Waals surface area contributed by atoms with Crippen LogP contribution in [0.4, 0.5) is 0 Å². The van der Waals surface area contributed by atoms with Gasteiger partial charge in [-0.1, -0.05) is 0 Å². The van der Waals surface area contributed by atoms with Gasteiger partial charge in [-0.2, -0.15) is 0 Å². The summed E-state index contributed by atoms with van der Waals surface area (Å²) in [5, 5.41) is 8.95. The molecule has 0 heterocycles. The van der Waals surface area contributed by atoms with Crippen LogP contribution in [0.15, 0.2) is 0 Å². The quantitative estimate of drug-likeness (QED) is 0.522. The fourth-order valence-electron chi connectivity index (χ4n) is 1.02. The SMILES string of the molecule is COC(=O)[C@@H](C)OC(=O)[C@@H](C)OC(=O)C[C@@H](C)O. The Labute approximate surface area is 105 Å². The van der Waals surface area contributed by atoms with E-state index >= 15 is 0 Å². The highest BCUT2D eigenvalue weighted by molar-refractivity contribution is 5.82. The number of aliphatic hydroxyl groups excluding tert-OH is 1. The maximum absolute atomic E-state index is 11.4. The van der Waals surface area contributed by atoms with E-state index in [1.807, 2.05) is 0 Å². The Balaban J connectivity index is 4.18. The van der Waals surface area contributed by atoms with E-state index in [0.717, 1.165) is 0 Å². The van der Waals surface area contributed by atoms with E-state index in [2.05, 4.69) is 4.74 Å². The van der Waals surface area contributed by atoms with Crippen LogP contribution in [0, 0.1) is 0 Å². The Morgan fingerprint density at radius 3 is 1.94 bits per heavy atom. The van der Waals surface area contributed by atoms with Gasteiger partial charge in [0.15, 0.2) is 12.2 Å².